The first-order valence-corrected chi connectivity index (χ1v) is 8.53. The molecule has 10 heteroatoms. The van der Waals surface area contributed by atoms with E-state index >= 15 is 0 Å². The Morgan fingerprint density at radius 1 is 1.11 bits per heavy atom. The number of ether oxygens (including phenoxy) is 2. The predicted molar refractivity (Wildman–Crippen MR) is 92.4 cm³/mol. The van der Waals surface area contributed by atoms with Crippen LogP contribution in [0, 0.1) is 0 Å². The van der Waals surface area contributed by atoms with E-state index in [9.17, 15) is 21.9 Å². The lowest BCUT2D eigenvalue weighted by atomic mass is 10.1. The number of benzene rings is 2. The molecule has 0 aliphatic carbocycles. The Labute approximate surface area is 154 Å². The standard InChI is InChI=1S/C17H13F3N2O4S/c1-25-11-3-4-12-14(9-11)21-7-6-15(12)26-16-5-2-10(22-27(23)24)8-13(16)17(18,19)20/h2-9,22H,1H3,(H,23,24)/p-1. The van der Waals surface area contributed by atoms with Crippen molar-refractivity contribution in [2.75, 3.05) is 11.8 Å². The zero-order valence-corrected chi connectivity index (χ0v) is 14.6. The van der Waals surface area contributed by atoms with E-state index in [0.717, 1.165) is 6.07 Å². The lowest BCUT2D eigenvalue weighted by molar-refractivity contribution is -0.138. The fourth-order valence-electron chi connectivity index (χ4n) is 2.44. The summed E-state index contributed by atoms with van der Waals surface area (Å²) in [5.74, 6) is 0.249. The second-order valence-corrected chi connectivity index (χ2v) is 6.01. The molecule has 0 saturated carbocycles. The van der Waals surface area contributed by atoms with Crippen molar-refractivity contribution >= 4 is 27.9 Å². The molecule has 1 N–H and O–H groups in total. The molecular formula is C17H12F3N2O4S-. The summed E-state index contributed by atoms with van der Waals surface area (Å²) in [7, 11) is 1.49. The first-order chi connectivity index (χ1) is 12.8. The summed E-state index contributed by atoms with van der Waals surface area (Å²) >= 11 is -2.75. The summed E-state index contributed by atoms with van der Waals surface area (Å²) in [4.78, 5) is 4.15. The number of anilines is 1. The quantitative estimate of drug-likeness (QED) is 0.651. The molecule has 3 aromatic rings. The number of alkyl halides is 3. The third kappa shape index (κ3) is 4.29. The normalized spacial score (nSPS) is 12.6. The molecule has 142 valence electrons. The topological polar surface area (TPSA) is 83.5 Å². The minimum atomic E-state index is -4.75. The van der Waals surface area contributed by atoms with Crippen LogP contribution in [-0.4, -0.2) is 20.9 Å². The number of nitrogens with zero attached hydrogens (tertiary/aromatic N) is 1. The van der Waals surface area contributed by atoms with E-state index < -0.39 is 28.8 Å². The Bertz CT molecular complexity index is 1010. The SMILES string of the molecule is COc1ccc2c(Oc3ccc(NS(=O)[O-])cc3C(F)(F)F)ccnc2c1. The van der Waals surface area contributed by atoms with Crippen molar-refractivity contribution in [3.63, 3.8) is 0 Å². The molecular weight excluding hydrogens is 385 g/mol. The Hall–Kier alpha value is -2.85. The highest BCUT2D eigenvalue weighted by atomic mass is 32.2. The van der Waals surface area contributed by atoms with Crippen molar-refractivity contribution in [1.29, 1.82) is 0 Å². The zero-order valence-electron chi connectivity index (χ0n) is 13.7. The van der Waals surface area contributed by atoms with Gasteiger partial charge in [-0.1, -0.05) is 0 Å². The van der Waals surface area contributed by atoms with E-state index in [1.165, 1.54) is 25.4 Å². The molecule has 0 saturated heterocycles. The summed E-state index contributed by atoms with van der Waals surface area (Å²) in [5.41, 5.74) is -0.857. The van der Waals surface area contributed by atoms with Crippen LogP contribution in [0.3, 0.4) is 0 Å². The number of aromatic nitrogens is 1. The number of fused-ring (bicyclic) bond motifs is 1. The highest BCUT2D eigenvalue weighted by molar-refractivity contribution is 7.80. The molecule has 1 heterocycles. The molecule has 0 aliphatic heterocycles. The molecule has 1 atom stereocenters. The summed E-state index contributed by atoms with van der Waals surface area (Å²) in [6, 6.07) is 9.22. The fourth-order valence-corrected chi connectivity index (χ4v) is 2.76. The molecule has 1 unspecified atom stereocenters. The molecule has 0 aliphatic rings. The van der Waals surface area contributed by atoms with Crippen LogP contribution in [0.4, 0.5) is 18.9 Å². The fraction of sp³-hybridized carbons (Fsp3) is 0.118. The smallest absolute Gasteiger partial charge is 0.420 e. The number of methoxy groups -OCH3 is 1. The molecule has 0 amide bonds. The van der Waals surface area contributed by atoms with Gasteiger partial charge >= 0.3 is 6.18 Å². The monoisotopic (exact) mass is 397 g/mol. The van der Waals surface area contributed by atoms with Crippen molar-refractivity contribution in [3.8, 4) is 17.2 Å². The minimum Gasteiger partial charge on any atom is -0.755 e. The van der Waals surface area contributed by atoms with Crippen LogP contribution >= 0.6 is 0 Å². The molecule has 0 bridgehead atoms. The lowest BCUT2D eigenvalue weighted by Crippen LogP contribution is -2.09. The van der Waals surface area contributed by atoms with Gasteiger partial charge in [0.2, 0.25) is 0 Å². The third-order valence-electron chi connectivity index (χ3n) is 3.62. The van der Waals surface area contributed by atoms with Crippen molar-refractivity contribution in [1.82, 2.24) is 4.98 Å². The molecule has 0 fully saturated rings. The first-order valence-electron chi connectivity index (χ1n) is 7.45. The van der Waals surface area contributed by atoms with Crippen molar-refractivity contribution < 1.29 is 31.4 Å². The van der Waals surface area contributed by atoms with Crippen molar-refractivity contribution in [3.05, 3.63) is 54.2 Å². The van der Waals surface area contributed by atoms with Crippen LogP contribution in [0.15, 0.2) is 48.7 Å². The maximum atomic E-state index is 13.4. The van der Waals surface area contributed by atoms with Gasteiger partial charge in [0.25, 0.3) is 0 Å². The van der Waals surface area contributed by atoms with Gasteiger partial charge < -0.3 is 18.7 Å². The maximum Gasteiger partial charge on any atom is 0.420 e. The van der Waals surface area contributed by atoms with Crippen LogP contribution in [0.5, 0.6) is 17.2 Å². The highest BCUT2D eigenvalue weighted by Gasteiger charge is 2.35. The van der Waals surface area contributed by atoms with Crippen LogP contribution in [0.25, 0.3) is 10.9 Å². The largest absolute Gasteiger partial charge is 0.755 e. The second-order valence-electron chi connectivity index (χ2n) is 5.34. The van der Waals surface area contributed by atoms with Crippen LogP contribution in [-0.2, 0) is 17.4 Å². The summed E-state index contributed by atoms with van der Waals surface area (Å²) < 4.78 is 74.0. The van der Waals surface area contributed by atoms with Gasteiger partial charge in [0.15, 0.2) is 0 Å². The summed E-state index contributed by atoms with van der Waals surface area (Å²) in [6.45, 7) is 0. The molecule has 3 rings (SSSR count). The second kappa shape index (κ2) is 7.41. The molecule has 0 spiro atoms. The number of hydrogen-bond donors (Lipinski definition) is 1. The van der Waals surface area contributed by atoms with Gasteiger partial charge in [-0.2, -0.15) is 13.2 Å². The van der Waals surface area contributed by atoms with E-state index in [4.69, 9.17) is 9.47 Å². The first kappa shape index (κ1) is 18.9. The highest BCUT2D eigenvalue weighted by Crippen LogP contribution is 2.41. The average Bonchev–Trinajstić information content (AvgIpc) is 2.61. The average molecular weight is 397 g/mol. The van der Waals surface area contributed by atoms with E-state index in [1.807, 2.05) is 4.72 Å². The number of hydrogen-bond acceptors (Lipinski definition) is 5. The Morgan fingerprint density at radius 2 is 1.89 bits per heavy atom. The minimum absolute atomic E-state index is 0.168. The van der Waals surface area contributed by atoms with Gasteiger partial charge in [-0.15, -0.1) is 0 Å². The van der Waals surface area contributed by atoms with E-state index in [0.29, 0.717) is 22.7 Å². The van der Waals surface area contributed by atoms with E-state index in [2.05, 4.69) is 4.98 Å². The number of pyridine rings is 1. The predicted octanol–water partition coefficient (Wildman–Crippen LogP) is 4.26. The Morgan fingerprint density at radius 3 is 2.56 bits per heavy atom. The molecule has 1 aromatic heterocycles. The van der Waals surface area contributed by atoms with Crippen LogP contribution < -0.4 is 14.2 Å². The zero-order chi connectivity index (χ0) is 19.6. The number of rotatable bonds is 5. The Balaban J connectivity index is 2.05. The van der Waals surface area contributed by atoms with E-state index in [-0.39, 0.29) is 11.4 Å². The van der Waals surface area contributed by atoms with Gasteiger partial charge in [-0.05, 0) is 36.4 Å². The van der Waals surface area contributed by atoms with Gasteiger partial charge in [-0.3, -0.25) is 9.19 Å². The van der Waals surface area contributed by atoms with Gasteiger partial charge in [0.1, 0.15) is 22.8 Å². The van der Waals surface area contributed by atoms with Crippen LogP contribution in [0.1, 0.15) is 5.56 Å². The molecule has 0 radical (unpaired) electrons. The molecule has 2 aromatic carbocycles. The van der Waals surface area contributed by atoms with Gasteiger partial charge in [0.05, 0.1) is 12.6 Å². The third-order valence-corrected chi connectivity index (χ3v) is 4.02. The number of halogens is 3. The number of nitrogens with one attached hydrogen (secondary N) is 1. The van der Waals surface area contributed by atoms with Crippen LogP contribution in [0.2, 0.25) is 0 Å². The maximum absolute atomic E-state index is 13.4. The van der Waals surface area contributed by atoms with E-state index in [1.54, 1.807) is 18.2 Å². The van der Waals surface area contributed by atoms with Gasteiger partial charge in [-0.25, -0.2) is 0 Å². The van der Waals surface area contributed by atoms with Crippen molar-refractivity contribution in [2.24, 2.45) is 0 Å². The lowest BCUT2D eigenvalue weighted by Gasteiger charge is -2.17. The van der Waals surface area contributed by atoms with Crippen molar-refractivity contribution in [2.45, 2.75) is 6.18 Å². The summed E-state index contributed by atoms with van der Waals surface area (Å²) in [5, 5.41) is 0.495. The molecule has 27 heavy (non-hydrogen) atoms. The molecule has 6 nitrogen and oxygen atoms in total. The Kier molecular flexibility index (Phi) is 5.19. The van der Waals surface area contributed by atoms with Gasteiger partial charge in [0, 0.05) is 34.6 Å². The summed E-state index contributed by atoms with van der Waals surface area (Å²) in [6.07, 6.45) is -3.34.